The summed E-state index contributed by atoms with van der Waals surface area (Å²) < 4.78 is 23.0. The average molecular weight is 352 g/mol. The highest BCUT2D eigenvalue weighted by molar-refractivity contribution is 7.90. The van der Waals surface area contributed by atoms with Crippen molar-refractivity contribution >= 4 is 27.3 Å². The number of carbonyl (C=O) groups excluding carboxylic acids is 1. The number of sulfone groups is 1. The van der Waals surface area contributed by atoms with Gasteiger partial charge >= 0.3 is 0 Å². The number of hydrogen-bond donors (Lipinski definition) is 1. The molecule has 2 rings (SSSR count). The van der Waals surface area contributed by atoms with Gasteiger partial charge in [0.25, 0.3) is 5.91 Å². The van der Waals surface area contributed by atoms with Crippen molar-refractivity contribution < 1.29 is 13.2 Å². The predicted octanol–water partition coefficient (Wildman–Crippen LogP) is 3.62. The quantitative estimate of drug-likeness (QED) is 0.894. The second-order valence-corrected chi connectivity index (χ2v) is 7.73. The maximum atomic E-state index is 12.3. The van der Waals surface area contributed by atoms with Crippen molar-refractivity contribution in [3.8, 4) is 0 Å². The molecule has 4 nitrogen and oxygen atoms in total. The van der Waals surface area contributed by atoms with Crippen LogP contribution >= 0.6 is 11.6 Å². The third-order valence-corrected chi connectivity index (χ3v) is 4.91. The largest absolute Gasteiger partial charge is 0.345 e. The van der Waals surface area contributed by atoms with E-state index in [4.69, 9.17) is 11.6 Å². The minimum absolute atomic E-state index is 0.188. The van der Waals surface area contributed by atoms with E-state index in [0.717, 1.165) is 5.56 Å². The van der Waals surface area contributed by atoms with Crippen LogP contribution in [0.4, 0.5) is 0 Å². The zero-order chi connectivity index (χ0) is 17.0. The van der Waals surface area contributed by atoms with Crippen LogP contribution in [-0.2, 0) is 9.84 Å². The number of hydrogen-bond acceptors (Lipinski definition) is 3. The Balaban J connectivity index is 2.16. The van der Waals surface area contributed by atoms with Crippen LogP contribution in [0.15, 0.2) is 53.4 Å². The summed E-state index contributed by atoms with van der Waals surface area (Å²) in [7, 11) is -3.22. The Morgan fingerprint density at radius 2 is 1.65 bits per heavy atom. The SMILES string of the molecule is CC[C@H](NC(=O)c1ccc(Cl)cc1)c1ccc(S(C)(=O)=O)cc1. The molecule has 0 aliphatic carbocycles. The molecule has 1 N–H and O–H groups in total. The fraction of sp³-hybridized carbons (Fsp3) is 0.235. The van der Waals surface area contributed by atoms with Crippen molar-refractivity contribution in [2.24, 2.45) is 0 Å². The Morgan fingerprint density at radius 3 is 2.13 bits per heavy atom. The van der Waals surface area contributed by atoms with Crippen molar-refractivity contribution in [2.75, 3.05) is 6.26 Å². The highest BCUT2D eigenvalue weighted by Crippen LogP contribution is 2.20. The van der Waals surface area contributed by atoms with Gasteiger partial charge in [0.05, 0.1) is 10.9 Å². The lowest BCUT2D eigenvalue weighted by molar-refractivity contribution is 0.0935. The molecule has 0 aliphatic rings. The summed E-state index contributed by atoms with van der Waals surface area (Å²) in [6, 6.07) is 13.0. The Labute approximate surface area is 141 Å². The van der Waals surface area contributed by atoms with Crippen LogP contribution in [0.25, 0.3) is 0 Å². The van der Waals surface area contributed by atoms with E-state index in [-0.39, 0.29) is 16.8 Å². The molecule has 0 saturated carbocycles. The summed E-state index contributed by atoms with van der Waals surface area (Å²) in [6.45, 7) is 1.96. The molecule has 0 saturated heterocycles. The molecule has 0 aliphatic heterocycles. The molecular weight excluding hydrogens is 334 g/mol. The lowest BCUT2D eigenvalue weighted by atomic mass is 10.0. The maximum Gasteiger partial charge on any atom is 0.251 e. The van der Waals surface area contributed by atoms with E-state index >= 15 is 0 Å². The zero-order valence-electron chi connectivity index (χ0n) is 12.9. The molecule has 0 heterocycles. The molecule has 0 fully saturated rings. The van der Waals surface area contributed by atoms with Gasteiger partial charge in [-0.2, -0.15) is 0 Å². The normalized spacial score (nSPS) is 12.7. The summed E-state index contributed by atoms with van der Waals surface area (Å²) in [5, 5.41) is 3.52. The van der Waals surface area contributed by atoms with E-state index in [1.165, 1.54) is 6.26 Å². The average Bonchev–Trinajstić information content (AvgIpc) is 2.52. The summed E-state index contributed by atoms with van der Waals surface area (Å²) in [4.78, 5) is 12.5. The van der Waals surface area contributed by atoms with E-state index in [1.807, 2.05) is 6.92 Å². The topological polar surface area (TPSA) is 63.2 Å². The molecule has 1 amide bonds. The standard InChI is InChI=1S/C17H18ClNO3S/c1-3-16(12-6-10-15(11-7-12)23(2,21)22)19-17(20)13-4-8-14(18)9-5-13/h4-11,16H,3H2,1-2H3,(H,19,20)/t16-/m0/s1. The van der Waals surface area contributed by atoms with E-state index in [1.54, 1.807) is 48.5 Å². The van der Waals surface area contributed by atoms with Crippen LogP contribution in [0.1, 0.15) is 35.3 Å². The summed E-state index contributed by atoms with van der Waals surface area (Å²) in [6.07, 6.45) is 1.86. The van der Waals surface area contributed by atoms with E-state index in [2.05, 4.69) is 5.32 Å². The Morgan fingerprint density at radius 1 is 1.09 bits per heavy atom. The smallest absolute Gasteiger partial charge is 0.251 e. The van der Waals surface area contributed by atoms with Crippen molar-refractivity contribution in [1.29, 1.82) is 0 Å². The van der Waals surface area contributed by atoms with Crippen molar-refractivity contribution in [1.82, 2.24) is 5.32 Å². The first kappa shape index (κ1) is 17.5. The molecule has 0 spiro atoms. The minimum atomic E-state index is -3.22. The van der Waals surface area contributed by atoms with E-state index in [0.29, 0.717) is 17.0 Å². The summed E-state index contributed by atoms with van der Waals surface area (Å²) in [5.74, 6) is -0.194. The van der Waals surface area contributed by atoms with Crippen molar-refractivity contribution in [3.63, 3.8) is 0 Å². The van der Waals surface area contributed by atoms with Crippen LogP contribution in [0.3, 0.4) is 0 Å². The molecule has 2 aromatic carbocycles. The van der Waals surface area contributed by atoms with E-state index in [9.17, 15) is 13.2 Å². The number of benzene rings is 2. The maximum absolute atomic E-state index is 12.3. The molecule has 0 aromatic heterocycles. The molecule has 0 radical (unpaired) electrons. The number of nitrogens with one attached hydrogen (secondary N) is 1. The van der Waals surface area contributed by atoms with Crippen LogP contribution in [0, 0.1) is 0 Å². The van der Waals surface area contributed by atoms with Crippen molar-refractivity contribution in [3.05, 3.63) is 64.7 Å². The van der Waals surface area contributed by atoms with Crippen LogP contribution in [0.2, 0.25) is 5.02 Å². The monoisotopic (exact) mass is 351 g/mol. The summed E-state index contributed by atoms with van der Waals surface area (Å²) in [5.41, 5.74) is 1.39. The van der Waals surface area contributed by atoms with Gasteiger partial charge in [0, 0.05) is 16.8 Å². The second-order valence-electron chi connectivity index (χ2n) is 5.28. The molecule has 122 valence electrons. The highest BCUT2D eigenvalue weighted by Gasteiger charge is 2.15. The summed E-state index contributed by atoms with van der Waals surface area (Å²) >= 11 is 5.82. The number of halogens is 1. The van der Waals surface area contributed by atoms with E-state index < -0.39 is 9.84 Å². The van der Waals surface area contributed by atoms with Gasteiger partial charge in [-0.3, -0.25) is 4.79 Å². The first-order chi connectivity index (χ1) is 10.8. The molecule has 6 heteroatoms. The number of rotatable bonds is 5. The first-order valence-electron chi connectivity index (χ1n) is 7.17. The fourth-order valence-corrected chi connectivity index (χ4v) is 2.97. The third-order valence-electron chi connectivity index (χ3n) is 3.53. The first-order valence-corrected chi connectivity index (χ1v) is 9.44. The Hall–Kier alpha value is -1.85. The zero-order valence-corrected chi connectivity index (χ0v) is 14.5. The lowest BCUT2D eigenvalue weighted by Crippen LogP contribution is -2.28. The van der Waals surface area contributed by atoms with Crippen LogP contribution in [0.5, 0.6) is 0 Å². The van der Waals surface area contributed by atoms with Gasteiger partial charge in [0.15, 0.2) is 9.84 Å². The predicted molar refractivity (Wildman–Crippen MR) is 91.5 cm³/mol. The number of carbonyl (C=O) groups is 1. The molecule has 0 bridgehead atoms. The molecular formula is C17H18ClNO3S. The number of amides is 1. The van der Waals surface area contributed by atoms with Gasteiger partial charge in [-0.05, 0) is 48.4 Å². The van der Waals surface area contributed by atoms with Gasteiger partial charge in [0.1, 0.15) is 0 Å². The molecule has 1 atom stereocenters. The van der Waals surface area contributed by atoms with Gasteiger partial charge in [-0.1, -0.05) is 30.7 Å². The minimum Gasteiger partial charge on any atom is -0.345 e. The van der Waals surface area contributed by atoms with Crippen LogP contribution in [-0.4, -0.2) is 20.6 Å². The van der Waals surface area contributed by atoms with Gasteiger partial charge < -0.3 is 5.32 Å². The molecule has 23 heavy (non-hydrogen) atoms. The third kappa shape index (κ3) is 4.56. The highest BCUT2D eigenvalue weighted by atomic mass is 35.5. The fourth-order valence-electron chi connectivity index (χ4n) is 2.21. The lowest BCUT2D eigenvalue weighted by Gasteiger charge is -2.18. The van der Waals surface area contributed by atoms with Gasteiger partial charge in [-0.15, -0.1) is 0 Å². The Kier molecular flexibility index (Phi) is 5.44. The van der Waals surface area contributed by atoms with Gasteiger partial charge in [-0.25, -0.2) is 8.42 Å². The molecule has 2 aromatic rings. The second kappa shape index (κ2) is 7.15. The molecule has 0 unspecified atom stereocenters. The van der Waals surface area contributed by atoms with Gasteiger partial charge in [0.2, 0.25) is 0 Å². The van der Waals surface area contributed by atoms with Crippen molar-refractivity contribution in [2.45, 2.75) is 24.3 Å². The van der Waals surface area contributed by atoms with Crippen LogP contribution < -0.4 is 5.32 Å². The Bertz CT molecular complexity index is 784.